The van der Waals surface area contributed by atoms with E-state index in [0.717, 1.165) is 30.5 Å². The summed E-state index contributed by atoms with van der Waals surface area (Å²) in [6.45, 7) is 0.599. The Hall–Kier alpha value is -2.73. The first-order valence-corrected chi connectivity index (χ1v) is 9.02. The van der Waals surface area contributed by atoms with E-state index in [9.17, 15) is 4.79 Å². The van der Waals surface area contributed by atoms with Gasteiger partial charge in [0.15, 0.2) is 0 Å². The van der Waals surface area contributed by atoms with Gasteiger partial charge in [-0.25, -0.2) is 4.79 Å². The average Bonchev–Trinajstić information content (AvgIpc) is 3.17. The number of amides is 1. The van der Waals surface area contributed by atoms with Crippen LogP contribution in [-0.4, -0.2) is 22.2 Å². The molecule has 5 nitrogen and oxygen atoms in total. The molecule has 2 aromatic carbocycles. The van der Waals surface area contributed by atoms with Crippen molar-refractivity contribution in [1.29, 1.82) is 0 Å². The van der Waals surface area contributed by atoms with Crippen molar-refractivity contribution in [1.82, 2.24) is 14.9 Å². The van der Waals surface area contributed by atoms with Gasteiger partial charge in [-0.3, -0.25) is 0 Å². The highest BCUT2D eigenvalue weighted by atomic mass is 32.1. The second kappa shape index (κ2) is 8.94. The second-order valence-corrected chi connectivity index (χ2v) is 6.19. The minimum atomic E-state index is -0.437. The molecule has 3 rings (SSSR count). The molecule has 0 fully saturated rings. The van der Waals surface area contributed by atoms with Crippen LogP contribution in [0.4, 0.5) is 4.79 Å². The Balaban J connectivity index is 1.40. The largest absolute Gasteiger partial charge is 0.412 e. The van der Waals surface area contributed by atoms with Gasteiger partial charge in [-0.05, 0) is 48.5 Å². The Morgan fingerprint density at radius 3 is 2.76 bits per heavy atom. The third-order valence-electron chi connectivity index (χ3n) is 3.70. The summed E-state index contributed by atoms with van der Waals surface area (Å²) in [5.41, 5.74) is 2.97. The van der Waals surface area contributed by atoms with Gasteiger partial charge in [0.2, 0.25) is 0 Å². The van der Waals surface area contributed by atoms with Gasteiger partial charge in [-0.15, -0.1) is 5.10 Å². The van der Waals surface area contributed by atoms with Crippen LogP contribution in [0.2, 0.25) is 0 Å². The highest BCUT2D eigenvalue weighted by molar-refractivity contribution is 7.03. The van der Waals surface area contributed by atoms with Gasteiger partial charge in [-0.1, -0.05) is 47.0 Å². The van der Waals surface area contributed by atoms with Gasteiger partial charge >= 0.3 is 6.09 Å². The van der Waals surface area contributed by atoms with Crippen LogP contribution >= 0.6 is 11.5 Å². The first-order valence-electron chi connectivity index (χ1n) is 8.18. The molecular weight excluding hydrogens is 334 g/mol. The van der Waals surface area contributed by atoms with Crippen molar-refractivity contribution in [2.75, 3.05) is 6.54 Å². The zero-order chi connectivity index (χ0) is 17.3. The standard InChI is InChI=1S/C19H19N3O2S/c23-19(20-12-5-4-9-15-7-2-1-3-8-15)24-17-11-6-10-16(13-17)18-14-25-22-21-18/h1-3,6-8,10-11,13-14H,4-5,9,12H2,(H,20,23). The van der Waals surface area contributed by atoms with Gasteiger partial charge in [-0.2, -0.15) is 0 Å². The lowest BCUT2D eigenvalue weighted by Gasteiger charge is -2.07. The zero-order valence-corrected chi connectivity index (χ0v) is 14.5. The summed E-state index contributed by atoms with van der Waals surface area (Å²) in [5.74, 6) is 0.493. The number of aromatic nitrogens is 2. The Kier molecular flexibility index (Phi) is 6.11. The monoisotopic (exact) mass is 353 g/mol. The van der Waals surface area contributed by atoms with Crippen molar-refractivity contribution in [2.45, 2.75) is 19.3 Å². The van der Waals surface area contributed by atoms with E-state index in [2.05, 4.69) is 27.0 Å². The summed E-state index contributed by atoms with van der Waals surface area (Å²) in [6, 6.07) is 17.6. The van der Waals surface area contributed by atoms with Crippen LogP contribution in [0.1, 0.15) is 18.4 Å². The molecule has 1 N–H and O–H groups in total. The van der Waals surface area contributed by atoms with Gasteiger partial charge < -0.3 is 10.1 Å². The predicted octanol–water partition coefficient (Wildman–Crippen LogP) is 4.32. The van der Waals surface area contributed by atoms with Crippen LogP contribution in [0.25, 0.3) is 11.3 Å². The summed E-state index contributed by atoms with van der Waals surface area (Å²) in [6.07, 6.45) is 2.51. The number of hydrogen-bond donors (Lipinski definition) is 1. The minimum absolute atomic E-state index is 0.437. The van der Waals surface area contributed by atoms with Gasteiger partial charge in [0.25, 0.3) is 0 Å². The number of hydrogen-bond acceptors (Lipinski definition) is 5. The van der Waals surface area contributed by atoms with E-state index in [1.54, 1.807) is 12.1 Å². The van der Waals surface area contributed by atoms with Crippen molar-refractivity contribution < 1.29 is 9.53 Å². The molecule has 25 heavy (non-hydrogen) atoms. The summed E-state index contributed by atoms with van der Waals surface area (Å²) in [4.78, 5) is 11.9. The Morgan fingerprint density at radius 1 is 1.08 bits per heavy atom. The number of aryl methyl sites for hydroxylation is 1. The van der Waals surface area contributed by atoms with Gasteiger partial charge in [0.05, 0.1) is 0 Å². The lowest BCUT2D eigenvalue weighted by molar-refractivity contribution is 0.200. The quantitative estimate of drug-likeness (QED) is 0.643. The number of carbonyl (C=O) groups is 1. The molecular formula is C19H19N3O2S. The number of nitrogens with zero attached hydrogens (tertiary/aromatic N) is 2. The topological polar surface area (TPSA) is 64.1 Å². The maximum absolute atomic E-state index is 11.9. The fourth-order valence-corrected chi connectivity index (χ4v) is 2.91. The highest BCUT2D eigenvalue weighted by Gasteiger charge is 2.06. The molecule has 0 saturated carbocycles. The molecule has 1 amide bonds. The van der Waals surface area contributed by atoms with Crippen LogP contribution in [0.15, 0.2) is 60.0 Å². The van der Waals surface area contributed by atoms with Crippen molar-refractivity contribution in [3.8, 4) is 17.0 Å². The fourth-order valence-electron chi connectivity index (χ4n) is 2.44. The maximum atomic E-state index is 11.9. The van der Waals surface area contributed by atoms with Crippen LogP contribution in [-0.2, 0) is 6.42 Å². The molecule has 0 radical (unpaired) electrons. The Bertz CT molecular complexity index is 791. The smallest absolute Gasteiger partial charge is 0.410 e. The molecule has 0 aliphatic carbocycles. The molecule has 0 aliphatic rings. The van der Waals surface area contributed by atoms with E-state index >= 15 is 0 Å². The first-order chi connectivity index (χ1) is 12.3. The molecule has 3 aromatic rings. The molecule has 0 atom stereocenters. The number of benzene rings is 2. The van der Waals surface area contributed by atoms with Crippen molar-refractivity contribution in [2.24, 2.45) is 0 Å². The lowest BCUT2D eigenvalue weighted by Crippen LogP contribution is -2.27. The second-order valence-electron chi connectivity index (χ2n) is 5.58. The third-order valence-corrected chi connectivity index (χ3v) is 4.21. The molecule has 0 spiro atoms. The number of unbranched alkanes of at least 4 members (excludes halogenated alkanes) is 1. The number of ether oxygens (including phenoxy) is 1. The summed E-state index contributed by atoms with van der Waals surface area (Å²) in [5, 5.41) is 8.65. The van der Waals surface area contributed by atoms with E-state index < -0.39 is 6.09 Å². The minimum Gasteiger partial charge on any atom is -0.410 e. The molecule has 6 heteroatoms. The SMILES string of the molecule is O=C(NCCCCc1ccccc1)Oc1cccc(-c2csnn2)c1. The summed E-state index contributed by atoms with van der Waals surface area (Å²) in [7, 11) is 0. The normalized spacial score (nSPS) is 10.4. The van der Waals surface area contributed by atoms with E-state index in [4.69, 9.17) is 4.74 Å². The fraction of sp³-hybridized carbons (Fsp3) is 0.211. The molecule has 128 valence electrons. The molecule has 0 unspecified atom stereocenters. The van der Waals surface area contributed by atoms with E-state index in [1.165, 1.54) is 17.1 Å². The highest BCUT2D eigenvalue weighted by Crippen LogP contribution is 2.22. The first kappa shape index (κ1) is 17.1. The Morgan fingerprint density at radius 2 is 1.96 bits per heavy atom. The predicted molar refractivity (Wildman–Crippen MR) is 98.8 cm³/mol. The van der Waals surface area contributed by atoms with Gasteiger partial charge in [0.1, 0.15) is 11.4 Å². The van der Waals surface area contributed by atoms with Crippen LogP contribution in [0, 0.1) is 0 Å². The summed E-state index contributed by atoms with van der Waals surface area (Å²) >= 11 is 1.29. The molecule has 1 heterocycles. The van der Waals surface area contributed by atoms with E-state index in [1.807, 2.05) is 35.7 Å². The summed E-state index contributed by atoms with van der Waals surface area (Å²) < 4.78 is 9.16. The molecule has 0 saturated heterocycles. The van der Waals surface area contributed by atoms with Crippen LogP contribution in [0.5, 0.6) is 5.75 Å². The number of carbonyl (C=O) groups excluding carboxylic acids is 1. The van der Waals surface area contributed by atoms with Crippen molar-refractivity contribution in [3.63, 3.8) is 0 Å². The van der Waals surface area contributed by atoms with Gasteiger partial charge in [0, 0.05) is 17.5 Å². The van der Waals surface area contributed by atoms with Crippen molar-refractivity contribution in [3.05, 3.63) is 65.5 Å². The van der Waals surface area contributed by atoms with E-state index in [-0.39, 0.29) is 0 Å². The number of nitrogens with one attached hydrogen (secondary N) is 1. The maximum Gasteiger partial charge on any atom is 0.412 e. The zero-order valence-electron chi connectivity index (χ0n) is 13.7. The Labute approximate surface area is 150 Å². The lowest BCUT2D eigenvalue weighted by atomic mass is 10.1. The molecule has 0 aliphatic heterocycles. The third kappa shape index (κ3) is 5.39. The number of rotatable bonds is 7. The molecule has 0 bridgehead atoms. The van der Waals surface area contributed by atoms with E-state index in [0.29, 0.717) is 12.3 Å². The van der Waals surface area contributed by atoms with Crippen LogP contribution < -0.4 is 10.1 Å². The average molecular weight is 353 g/mol. The molecule has 1 aromatic heterocycles. The van der Waals surface area contributed by atoms with Crippen molar-refractivity contribution >= 4 is 17.6 Å². The van der Waals surface area contributed by atoms with Crippen LogP contribution in [0.3, 0.4) is 0 Å².